The molecule has 2 aromatic carbocycles. The molecule has 0 aromatic heterocycles. The zero-order valence-electron chi connectivity index (χ0n) is 13.7. The van der Waals surface area contributed by atoms with Crippen LogP contribution < -0.4 is 9.04 Å². The highest BCUT2D eigenvalue weighted by atomic mass is 32.2. The summed E-state index contributed by atoms with van der Waals surface area (Å²) in [6.07, 6.45) is -4.15. The number of alkyl halides is 3. The molecule has 0 aliphatic rings. The first-order chi connectivity index (χ1) is 12.4. The van der Waals surface area contributed by atoms with Crippen LogP contribution in [0.3, 0.4) is 0 Å². The second-order valence-electron chi connectivity index (χ2n) is 5.40. The number of rotatable bonds is 6. The fraction of sp³-hybridized carbons (Fsp3) is 0.188. The minimum absolute atomic E-state index is 0.0601. The molecule has 0 aliphatic heterocycles. The van der Waals surface area contributed by atoms with E-state index in [9.17, 15) is 30.8 Å². The minimum Gasteiger partial charge on any atom is -0.480 e. The van der Waals surface area contributed by atoms with Crippen LogP contribution in [0.2, 0.25) is 0 Å². The maximum Gasteiger partial charge on any atom is 0.573 e. The molecule has 6 nitrogen and oxygen atoms in total. The zero-order chi connectivity index (χ0) is 20.4. The molecule has 0 amide bonds. The molecule has 0 saturated heterocycles. The molecule has 27 heavy (non-hydrogen) atoms. The third kappa shape index (κ3) is 5.58. The van der Waals surface area contributed by atoms with Crippen molar-refractivity contribution in [3.63, 3.8) is 0 Å². The van der Waals surface area contributed by atoms with Crippen molar-refractivity contribution in [2.45, 2.75) is 6.36 Å². The summed E-state index contributed by atoms with van der Waals surface area (Å²) in [6.45, 7) is -0.910. The van der Waals surface area contributed by atoms with Crippen LogP contribution in [0.25, 0.3) is 11.1 Å². The Bertz CT molecular complexity index is 960. The van der Waals surface area contributed by atoms with Crippen molar-refractivity contribution < 1.29 is 40.6 Å². The standard InChI is InChI=1S/C16H13F4NO5S/c1-27(24,25)21(9-15(22)23)11-5-6-13(14(17)8-11)10-3-2-4-12(7-10)26-16(18,19)20/h2-8H,9H2,1H3,(H,22,23). The lowest BCUT2D eigenvalue weighted by Crippen LogP contribution is -2.34. The van der Waals surface area contributed by atoms with E-state index in [1.165, 1.54) is 12.1 Å². The Morgan fingerprint density at radius 3 is 2.37 bits per heavy atom. The molecular weight excluding hydrogens is 394 g/mol. The molecular formula is C16H13F4NO5S. The molecule has 0 atom stereocenters. The van der Waals surface area contributed by atoms with Crippen molar-refractivity contribution in [2.24, 2.45) is 0 Å². The van der Waals surface area contributed by atoms with Crippen LogP contribution in [-0.2, 0) is 14.8 Å². The van der Waals surface area contributed by atoms with Gasteiger partial charge in [0.2, 0.25) is 10.0 Å². The number of halogens is 4. The average molecular weight is 407 g/mol. The lowest BCUT2D eigenvalue weighted by Gasteiger charge is -2.21. The van der Waals surface area contributed by atoms with E-state index in [0.717, 1.165) is 36.6 Å². The van der Waals surface area contributed by atoms with E-state index < -0.39 is 40.5 Å². The molecule has 0 radical (unpaired) electrons. The fourth-order valence-corrected chi connectivity index (χ4v) is 3.12. The van der Waals surface area contributed by atoms with E-state index in [1.54, 1.807) is 0 Å². The van der Waals surface area contributed by atoms with Crippen molar-refractivity contribution in [1.82, 2.24) is 0 Å². The quantitative estimate of drug-likeness (QED) is 0.744. The molecule has 1 N–H and O–H groups in total. The molecule has 0 saturated carbocycles. The Hall–Kier alpha value is -2.82. The van der Waals surface area contributed by atoms with Gasteiger partial charge in [0, 0.05) is 5.56 Å². The normalized spacial score (nSPS) is 11.9. The number of nitrogens with zero attached hydrogens (tertiary/aromatic N) is 1. The van der Waals surface area contributed by atoms with Crippen LogP contribution >= 0.6 is 0 Å². The topological polar surface area (TPSA) is 83.9 Å². The van der Waals surface area contributed by atoms with Gasteiger partial charge >= 0.3 is 12.3 Å². The van der Waals surface area contributed by atoms with E-state index >= 15 is 0 Å². The largest absolute Gasteiger partial charge is 0.573 e. The monoisotopic (exact) mass is 407 g/mol. The van der Waals surface area contributed by atoms with E-state index in [2.05, 4.69) is 4.74 Å². The first-order valence-corrected chi connectivity index (χ1v) is 9.07. The first-order valence-electron chi connectivity index (χ1n) is 7.22. The number of carboxylic acids is 1. The summed E-state index contributed by atoms with van der Waals surface area (Å²) in [6, 6.07) is 7.66. The highest BCUT2D eigenvalue weighted by Gasteiger charge is 2.31. The van der Waals surface area contributed by atoms with Gasteiger partial charge < -0.3 is 9.84 Å². The molecule has 2 rings (SSSR count). The summed E-state index contributed by atoms with van der Waals surface area (Å²) < 4.78 is 79.1. The van der Waals surface area contributed by atoms with Gasteiger partial charge in [-0.3, -0.25) is 9.10 Å². The summed E-state index contributed by atoms with van der Waals surface area (Å²) in [5, 5.41) is 8.83. The Labute approximate surface area is 151 Å². The molecule has 146 valence electrons. The molecule has 0 heterocycles. The van der Waals surface area contributed by atoms with Gasteiger partial charge in [-0.2, -0.15) is 0 Å². The third-order valence-corrected chi connectivity index (χ3v) is 4.44. The number of hydrogen-bond donors (Lipinski definition) is 1. The number of carbonyl (C=O) groups is 1. The summed E-state index contributed by atoms with van der Waals surface area (Å²) in [5.74, 6) is -2.94. The van der Waals surface area contributed by atoms with E-state index in [4.69, 9.17) is 5.11 Å². The summed E-state index contributed by atoms with van der Waals surface area (Å²) in [4.78, 5) is 10.8. The number of ether oxygens (including phenoxy) is 1. The van der Waals surface area contributed by atoms with Gasteiger partial charge in [-0.25, -0.2) is 12.8 Å². The van der Waals surface area contributed by atoms with Crippen molar-refractivity contribution in [3.8, 4) is 16.9 Å². The maximum absolute atomic E-state index is 14.5. The molecule has 11 heteroatoms. The minimum atomic E-state index is -4.91. The average Bonchev–Trinajstić information content (AvgIpc) is 2.50. The van der Waals surface area contributed by atoms with Crippen molar-refractivity contribution >= 4 is 21.7 Å². The van der Waals surface area contributed by atoms with Gasteiger partial charge in [0.05, 0.1) is 11.9 Å². The van der Waals surface area contributed by atoms with Gasteiger partial charge in [0.25, 0.3) is 0 Å². The summed E-state index contributed by atoms with van der Waals surface area (Å²) in [5.41, 5.74) is -0.288. The highest BCUT2D eigenvalue weighted by Crippen LogP contribution is 2.31. The van der Waals surface area contributed by atoms with Crippen molar-refractivity contribution in [2.75, 3.05) is 17.1 Å². The van der Waals surface area contributed by atoms with Crippen LogP contribution in [-0.4, -0.2) is 38.7 Å². The predicted molar refractivity (Wildman–Crippen MR) is 88.3 cm³/mol. The Morgan fingerprint density at radius 1 is 1.19 bits per heavy atom. The van der Waals surface area contributed by atoms with Gasteiger partial charge in [-0.1, -0.05) is 12.1 Å². The van der Waals surface area contributed by atoms with Crippen LogP contribution in [0, 0.1) is 5.82 Å². The fourth-order valence-electron chi connectivity index (χ4n) is 2.28. The van der Waals surface area contributed by atoms with Crippen LogP contribution in [0.1, 0.15) is 0 Å². The number of anilines is 1. The van der Waals surface area contributed by atoms with Crippen LogP contribution in [0.4, 0.5) is 23.2 Å². The smallest absolute Gasteiger partial charge is 0.480 e. The lowest BCUT2D eigenvalue weighted by atomic mass is 10.0. The zero-order valence-corrected chi connectivity index (χ0v) is 14.5. The highest BCUT2D eigenvalue weighted by molar-refractivity contribution is 7.92. The summed E-state index contributed by atoms with van der Waals surface area (Å²) >= 11 is 0. The molecule has 0 spiro atoms. The second kappa shape index (κ2) is 7.43. The molecule has 0 fully saturated rings. The van der Waals surface area contributed by atoms with E-state index in [1.807, 2.05) is 0 Å². The Morgan fingerprint density at radius 2 is 1.85 bits per heavy atom. The second-order valence-corrected chi connectivity index (χ2v) is 7.31. The number of benzene rings is 2. The summed E-state index contributed by atoms with van der Waals surface area (Å²) in [7, 11) is -3.99. The van der Waals surface area contributed by atoms with Crippen LogP contribution in [0.5, 0.6) is 5.75 Å². The molecule has 0 unspecified atom stereocenters. The molecule has 0 bridgehead atoms. The van der Waals surface area contributed by atoms with E-state index in [0.29, 0.717) is 4.31 Å². The number of aliphatic carboxylic acids is 1. The number of hydrogen-bond acceptors (Lipinski definition) is 4. The van der Waals surface area contributed by atoms with Gasteiger partial charge in [-0.05, 0) is 35.9 Å². The van der Waals surface area contributed by atoms with Gasteiger partial charge in [-0.15, -0.1) is 13.2 Å². The Kier molecular flexibility index (Phi) is 5.64. The predicted octanol–water partition coefficient (Wildman–Crippen LogP) is 3.24. The SMILES string of the molecule is CS(=O)(=O)N(CC(=O)O)c1ccc(-c2cccc(OC(F)(F)F)c2)c(F)c1. The van der Waals surface area contributed by atoms with Crippen LogP contribution in [0.15, 0.2) is 42.5 Å². The van der Waals surface area contributed by atoms with Gasteiger partial charge in [0.1, 0.15) is 18.1 Å². The van der Waals surface area contributed by atoms with Gasteiger partial charge in [0.15, 0.2) is 0 Å². The Balaban J connectivity index is 2.42. The third-order valence-electron chi connectivity index (χ3n) is 3.30. The number of carboxylic acid groups (broad SMARTS) is 1. The lowest BCUT2D eigenvalue weighted by molar-refractivity contribution is -0.274. The van der Waals surface area contributed by atoms with Crippen molar-refractivity contribution in [3.05, 3.63) is 48.3 Å². The maximum atomic E-state index is 14.5. The van der Waals surface area contributed by atoms with E-state index in [-0.39, 0.29) is 16.8 Å². The molecule has 2 aromatic rings. The number of sulfonamides is 1. The molecule has 0 aliphatic carbocycles. The first kappa shape index (κ1) is 20.5. The van der Waals surface area contributed by atoms with Crippen molar-refractivity contribution in [1.29, 1.82) is 0 Å².